The number of hydrogen-bond donors (Lipinski definition) is 1. The van der Waals surface area contributed by atoms with Gasteiger partial charge in [-0.3, -0.25) is 14.8 Å². The number of hydrogen-bond acceptors (Lipinski definition) is 4. The van der Waals surface area contributed by atoms with Crippen LogP contribution in [0.1, 0.15) is 67.6 Å². The summed E-state index contributed by atoms with van der Waals surface area (Å²) >= 11 is 0. The van der Waals surface area contributed by atoms with E-state index in [9.17, 15) is 4.79 Å². The molecule has 1 aromatic heterocycles. The van der Waals surface area contributed by atoms with Crippen molar-refractivity contribution in [1.29, 1.82) is 5.26 Å². The Morgan fingerprint density at radius 2 is 2.13 bits per heavy atom. The summed E-state index contributed by atoms with van der Waals surface area (Å²) in [7, 11) is 0. The van der Waals surface area contributed by atoms with Crippen LogP contribution in [0.4, 0.5) is 10.6 Å². The van der Waals surface area contributed by atoms with E-state index < -0.39 is 0 Å². The van der Waals surface area contributed by atoms with Gasteiger partial charge >= 0.3 is 6.03 Å². The van der Waals surface area contributed by atoms with Crippen LogP contribution in [0.15, 0.2) is 29.3 Å². The van der Waals surface area contributed by atoms with E-state index in [0.717, 1.165) is 48.0 Å². The number of aromatic amines is 1. The summed E-state index contributed by atoms with van der Waals surface area (Å²) in [6, 6.07) is 9.77. The van der Waals surface area contributed by atoms with Crippen LogP contribution < -0.4 is 4.90 Å². The molecule has 5 rings (SSSR count). The molecule has 7 nitrogen and oxygen atoms in total. The molecular formula is C23H26N6O. The number of rotatable bonds is 5. The first-order valence-corrected chi connectivity index (χ1v) is 10.9. The molecule has 3 heterocycles. The van der Waals surface area contributed by atoms with Gasteiger partial charge in [-0.2, -0.15) is 5.26 Å². The van der Waals surface area contributed by atoms with Crippen molar-refractivity contribution >= 4 is 17.7 Å². The van der Waals surface area contributed by atoms with Crippen molar-refractivity contribution < 1.29 is 4.79 Å². The predicted octanol–water partition coefficient (Wildman–Crippen LogP) is 3.96. The number of fused-ring (bicyclic) bond motifs is 3. The van der Waals surface area contributed by atoms with Crippen molar-refractivity contribution in [2.45, 2.75) is 57.4 Å². The number of imidazole rings is 1. The van der Waals surface area contributed by atoms with Gasteiger partial charge in [-0.15, -0.1) is 0 Å². The van der Waals surface area contributed by atoms with Gasteiger partial charge in [0.2, 0.25) is 0 Å². The molecule has 3 aliphatic rings. The highest BCUT2D eigenvalue weighted by Gasteiger charge is 2.42. The molecule has 1 unspecified atom stereocenters. The molecule has 2 amide bonds. The number of aliphatic imine (C=N–C) groups is 1. The number of nitrogens with one attached hydrogen (secondary N) is 1. The Morgan fingerprint density at radius 1 is 1.30 bits per heavy atom. The average Bonchev–Trinajstić information content (AvgIpc) is 3.50. The third-order valence-electron chi connectivity index (χ3n) is 6.31. The van der Waals surface area contributed by atoms with Crippen LogP contribution in [-0.4, -0.2) is 45.9 Å². The third kappa shape index (κ3) is 3.17. The first kappa shape index (κ1) is 18.9. The van der Waals surface area contributed by atoms with Gasteiger partial charge < -0.3 is 4.98 Å². The minimum absolute atomic E-state index is 0.0226. The van der Waals surface area contributed by atoms with Crippen LogP contribution in [0.25, 0.3) is 0 Å². The van der Waals surface area contributed by atoms with E-state index in [0.29, 0.717) is 31.0 Å². The number of nitriles is 1. The number of urea groups is 1. The number of amidine groups is 1. The summed E-state index contributed by atoms with van der Waals surface area (Å²) in [6.45, 7) is 3.29. The molecule has 1 aromatic carbocycles. The second-order valence-electron chi connectivity index (χ2n) is 8.47. The van der Waals surface area contributed by atoms with Gasteiger partial charge in [0.25, 0.3) is 0 Å². The number of benzene rings is 1. The Balaban J connectivity index is 1.48. The predicted molar refractivity (Wildman–Crippen MR) is 115 cm³/mol. The van der Waals surface area contributed by atoms with Crippen molar-refractivity contribution in [3.63, 3.8) is 0 Å². The molecule has 2 aromatic rings. The number of anilines is 1. The SMILES string of the molecule is CCCN1C(=O)N2CC(Cc3cccc(C#N)c3)N=C2c2[nH]c(C3CCCC3)nc21. The minimum atomic E-state index is -0.0270. The molecule has 30 heavy (non-hydrogen) atoms. The Labute approximate surface area is 176 Å². The van der Waals surface area contributed by atoms with E-state index in [2.05, 4.69) is 18.0 Å². The quantitative estimate of drug-likeness (QED) is 0.821. The summed E-state index contributed by atoms with van der Waals surface area (Å²) in [6.07, 6.45) is 6.37. The maximum Gasteiger partial charge on any atom is 0.331 e. The van der Waals surface area contributed by atoms with E-state index in [1.165, 1.54) is 12.8 Å². The standard InChI is InChI=1S/C23H26N6O/c1-2-10-28-22-19(26-20(27-22)17-8-3-4-9-17)21-25-18(14-29(21)23(28)30)12-15-6-5-7-16(11-15)13-24/h5-7,11,17-18H,2-4,8-10,12,14H2,1H3,(H,26,27). The highest BCUT2D eigenvalue weighted by Crippen LogP contribution is 2.37. The monoisotopic (exact) mass is 402 g/mol. The van der Waals surface area contributed by atoms with E-state index in [4.69, 9.17) is 15.2 Å². The lowest BCUT2D eigenvalue weighted by atomic mass is 10.0. The van der Waals surface area contributed by atoms with Crippen LogP contribution in [0.3, 0.4) is 0 Å². The summed E-state index contributed by atoms with van der Waals surface area (Å²) in [5, 5.41) is 9.16. The Kier molecular flexibility index (Phi) is 4.78. The van der Waals surface area contributed by atoms with Crippen LogP contribution >= 0.6 is 0 Å². The molecular weight excluding hydrogens is 376 g/mol. The summed E-state index contributed by atoms with van der Waals surface area (Å²) in [4.78, 5) is 30.2. The van der Waals surface area contributed by atoms with Crippen molar-refractivity contribution in [2.24, 2.45) is 4.99 Å². The number of carbonyl (C=O) groups excluding carboxylic acids is 1. The Bertz CT molecular complexity index is 1040. The Hall–Kier alpha value is -3.14. The van der Waals surface area contributed by atoms with Gasteiger partial charge in [-0.05, 0) is 43.4 Å². The third-order valence-corrected chi connectivity index (χ3v) is 6.31. The fourth-order valence-electron chi connectivity index (χ4n) is 4.89. The van der Waals surface area contributed by atoms with Crippen LogP contribution in [0, 0.1) is 11.3 Å². The van der Waals surface area contributed by atoms with E-state index >= 15 is 0 Å². The fraction of sp³-hybridized carbons (Fsp3) is 0.478. The minimum Gasteiger partial charge on any atom is -0.337 e. The number of carbonyl (C=O) groups is 1. The van der Waals surface area contributed by atoms with Gasteiger partial charge in [-0.1, -0.05) is 31.9 Å². The molecule has 1 aliphatic carbocycles. The van der Waals surface area contributed by atoms with Crippen molar-refractivity contribution in [1.82, 2.24) is 14.9 Å². The molecule has 1 atom stereocenters. The first-order valence-electron chi connectivity index (χ1n) is 10.9. The second-order valence-corrected chi connectivity index (χ2v) is 8.47. The Morgan fingerprint density at radius 3 is 2.90 bits per heavy atom. The smallest absolute Gasteiger partial charge is 0.331 e. The fourth-order valence-corrected chi connectivity index (χ4v) is 4.89. The first-order chi connectivity index (χ1) is 14.7. The summed E-state index contributed by atoms with van der Waals surface area (Å²) in [5.41, 5.74) is 2.61. The van der Waals surface area contributed by atoms with Gasteiger partial charge in [-0.25, -0.2) is 9.78 Å². The van der Waals surface area contributed by atoms with Gasteiger partial charge in [0.05, 0.1) is 24.2 Å². The molecule has 154 valence electrons. The summed E-state index contributed by atoms with van der Waals surface area (Å²) < 4.78 is 0. The zero-order valence-electron chi connectivity index (χ0n) is 17.3. The van der Waals surface area contributed by atoms with E-state index in [1.807, 2.05) is 23.1 Å². The lowest BCUT2D eigenvalue weighted by molar-refractivity contribution is 0.226. The van der Waals surface area contributed by atoms with E-state index in [1.54, 1.807) is 11.0 Å². The molecule has 0 saturated heterocycles. The molecule has 1 saturated carbocycles. The molecule has 1 N–H and O–H groups in total. The molecule has 0 spiro atoms. The normalized spacial score (nSPS) is 20.9. The van der Waals surface area contributed by atoms with Crippen molar-refractivity contribution in [3.05, 3.63) is 46.9 Å². The van der Waals surface area contributed by atoms with Gasteiger partial charge in [0, 0.05) is 12.5 Å². The highest BCUT2D eigenvalue weighted by atomic mass is 16.2. The van der Waals surface area contributed by atoms with Gasteiger partial charge in [0.15, 0.2) is 11.7 Å². The second kappa shape index (κ2) is 7.60. The molecule has 7 heteroatoms. The largest absolute Gasteiger partial charge is 0.337 e. The topological polar surface area (TPSA) is 88.4 Å². The molecule has 0 radical (unpaired) electrons. The molecule has 1 fully saturated rings. The number of aromatic nitrogens is 2. The maximum atomic E-state index is 13.3. The lowest BCUT2D eigenvalue weighted by Crippen LogP contribution is -2.50. The molecule has 2 aliphatic heterocycles. The van der Waals surface area contributed by atoms with Crippen LogP contribution in [0.5, 0.6) is 0 Å². The zero-order valence-corrected chi connectivity index (χ0v) is 17.3. The number of H-pyrrole nitrogens is 1. The average molecular weight is 403 g/mol. The lowest BCUT2D eigenvalue weighted by Gasteiger charge is -2.32. The molecule has 0 bridgehead atoms. The maximum absolute atomic E-state index is 13.3. The number of nitrogens with zero attached hydrogens (tertiary/aromatic N) is 5. The summed E-state index contributed by atoms with van der Waals surface area (Å²) in [5.74, 6) is 2.92. The van der Waals surface area contributed by atoms with Gasteiger partial charge in [0.1, 0.15) is 11.5 Å². The van der Waals surface area contributed by atoms with Crippen molar-refractivity contribution in [3.8, 4) is 6.07 Å². The van der Waals surface area contributed by atoms with Crippen LogP contribution in [-0.2, 0) is 6.42 Å². The van der Waals surface area contributed by atoms with Crippen LogP contribution in [0.2, 0.25) is 0 Å². The van der Waals surface area contributed by atoms with Crippen molar-refractivity contribution in [2.75, 3.05) is 18.0 Å². The number of amides is 2. The highest BCUT2D eigenvalue weighted by molar-refractivity contribution is 6.18. The zero-order chi connectivity index (χ0) is 20.7. The van der Waals surface area contributed by atoms with E-state index in [-0.39, 0.29) is 12.1 Å².